The SMILES string of the molecule is CCCCCCCCCCOC(CNC(=O)C1C(C(N)=O)[C@@H]2C=C[C@H]1C2)CN1CCN(c2cccc(Cl)c2)CC1.O=C(O)C(=O)O. The van der Waals surface area contributed by atoms with Gasteiger partial charge in [0.2, 0.25) is 11.8 Å². The monoisotopic (exact) mass is 662 g/mol. The lowest BCUT2D eigenvalue weighted by molar-refractivity contribution is -0.159. The van der Waals surface area contributed by atoms with Gasteiger partial charge in [-0.3, -0.25) is 14.5 Å². The van der Waals surface area contributed by atoms with Gasteiger partial charge in [-0.2, -0.15) is 0 Å². The van der Waals surface area contributed by atoms with Crippen LogP contribution >= 0.6 is 11.6 Å². The van der Waals surface area contributed by atoms with Gasteiger partial charge < -0.3 is 30.9 Å². The van der Waals surface area contributed by atoms with Crippen molar-refractivity contribution < 1.29 is 34.1 Å². The van der Waals surface area contributed by atoms with Crippen LogP contribution in [0.3, 0.4) is 0 Å². The Hall–Kier alpha value is -3.15. The van der Waals surface area contributed by atoms with E-state index in [-0.39, 0.29) is 35.7 Å². The Bertz CT molecular complexity index is 1160. The van der Waals surface area contributed by atoms with Crippen molar-refractivity contribution in [1.82, 2.24) is 10.2 Å². The van der Waals surface area contributed by atoms with E-state index in [0.29, 0.717) is 13.2 Å². The van der Waals surface area contributed by atoms with Crippen molar-refractivity contribution in [3.8, 4) is 0 Å². The van der Waals surface area contributed by atoms with Crippen LogP contribution in [-0.2, 0) is 23.9 Å². The van der Waals surface area contributed by atoms with Gasteiger partial charge in [0.05, 0.1) is 17.9 Å². The van der Waals surface area contributed by atoms with E-state index in [1.165, 1.54) is 44.9 Å². The van der Waals surface area contributed by atoms with Crippen LogP contribution in [0.25, 0.3) is 0 Å². The number of aliphatic carboxylic acids is 2. The number of fused-ring (bicyclic) bond motifs is 2. The second kappa shape index (κ2) is 19.5. The summed E-state index contributed by atoms with van der Waals surface area (Å²) in [5, 5.41) is 18.7. The lowest BCUT2D eigenvalue weighted by Crippen LogP contribution is -2.51. The number of nitrogens with two attached hydrogens (primary N) is 1. The molecular weight excluding hydrogens is 612 g/mol. The zero-order valence-corrected chi connectivity index (χ0v) is 27.7. The lowest BCUT2D eigenvalue weighted by atomic mass is 9.82. The van der Waals surface area contributed by atoms with E-state index in [4.69, 9.17) is 41.9 Å². The Morgan fingerprint density at radius 1 is 0.935 bits per heavy atom. The van der Waals surface area contributed by atoms with E-state index in [1.54, 1.807) is 0 Å². The van der Waals surface area contributed by atoms with Gasteiger partial charge in [-0.15, -0.1) is 0 Å². The highest BCUT2D eigenvalue weighted by molar-refractivity contribution is 6.30. The molecule has 12 heteroatoms. The number of carbonyl (C=O) groups excluding carboxylic acids is 2. The molecule has 1 saturated carbocycles. The molecule has 46 heavy (non-hydrogen) atoms. The highest BCUT2D eigenvalue weighted by Crippen LogP contribution is 2.47. The van der Waals surface area contributed by atoms with Gasteiger partial charge in [0.25, 0.3) is 0 Å². The van der Waals surface area contributed by atoms with Gasteiger partial charge in [0, 0.05) is 56.6 Å². The fourth-order valence-corrected chi connectivity index (χ4v) is 6.90. The number of hydrogen-bond acceptors (Lipinski definition) is 7. The van der Waals surface area contributed by atoms with Crippen LogP contribution < -0.4 is 16.0 Å². The van der Waals surface area contributed by atoms with Gasteiger partial charge in [0.15, 0.2) is 0 Å². The number of piperazine rings is 1. The first kappa shape index (κ1) is 37.3. The molecule has 0 radical (unpaired) electrons. The maximum atomic E-state index is 13.3. The predicted octanol–water partition coefficient (Wildman–Crippen LogP) is 4.18. The summed E-state index contributed by atoms with van der Waals surface area (Å²) in [5.74, 6) is -4.62. The maximum Gasteiger partial charge on any atom is 0.414 e. The molecule has 4 rings (SSSR count). The van der Waals surface area contributed by atoms with E-state index in [9.17, 15) is 9.59 Å². The second-order valence-corrected chi connectivity index (χ2v) is 12.9. The minimum absolute atomic E-state index is 0.0629. The van der Waals surface area contributed by atoms with E-state index in [2.05, 4.69) is 40.3 Å². The summed E-state index contributed by atoms with van der Waals surface area (Å²) < 4.78 is 6.37. The van der Waals surface area contributed by atoms with E-state index in [1.807, 2.05) is 18.2 Å². The van der Waals surface area contributed by atoms with Crippen molar-refractivity contribution in [2.45, 2.75) is 70.8 Å². The van der Waals surface area contributed by atoms with Gasteiger partial charge in [0.1, 0.15) is 0 Å². The Labute approximate surface area is 277 Å². The van der Waals surface area contributed by atoms with Crippen LogP contribution in [0.4, 0.5) is 5.69 Å². The Morgan fingerprint density at radius 3 is 2.13 bits per heavy atom. The number of nitrogens with one attached hydrogen (secondary N) is 1. The molecule has 2 bridgehead atoms. The molecule has 1 aromatic rings. The van der Waals surface area contributed by atoms with Gasteiger partial charge in [-0.25, -0.2) is 9.59 Å². The first-order chi connectivity index (χ1) is 22.1. The summed E-state index contributed by atoms with van der Waals surface area (Å²) >= 11 is 6.21. The number of anilines is 1. The highest BCUT2D eigenvalue weighted by Gasteiger charge is 2.50. The maximum absolute atomic E-state index is 13.3. The number of unbranched alkanes of at least 4 members (excludes halogenated alkanes) is 7. The number of carboxylic acid groups (broad SMARTS) is 2. The highest BCUT2D eigenvalue weighted by atomic mass is 35.5. The second-order valence-electron chi connectivity index (χ2n) is 12.5. The van der Waals surface area contributed by atoms with Crippen molar-refractivity contribution >= 4 is 41.0 Å². The van der Waals surface area contributed by atoms with Crippen LogP contribution in [0.1, 0.15) is 64.7 Å². The molecular formula is C34H51ClN4O7. The van der Waals surface area contributed by atoms with Crippen molar-refractivity contribution in [3.05, 3.63) is 41.4 Å². The number of benzene rings is 1. The largest absolute Gasteiger partial charge is 0.473 e. The molecule has 1 aromatic carbocycles. The van der Waals surface area contributed by atoms with Crippen LogP contribution in [0.2, 0.25) is 5.02 Å². The van der Waals surface area contributed by atoms with Crippen molar-refractivity contribution in [2.75, 3.05) is 50.8 Å². The van der Waals surface area contributed by atoms with E-state index in [0.717, 1.165) is 56.3 Å². The molecule has 3 unspecified atom stereocenters. The van der Waals surface area contributed by atoms with Crippen LogP contribution in [0.5, 0.6) is 0 Å². The van der Waals surface area contributed by atoms with Crippen LogP contribution in [0.15, 0.2) is 36.4 Å². The fraction of sp³-hybridized carbons (Fsp3) is 0.647. The molecule has 1 saturated heterocycles. The van der Waals surface area contributed by atoms with Gasteiger partial charge in [-0.05, 0) is 42.9 Å². The molecule has 0 aromatic heterocycles. The zero-order valence-electron chi connectivity index (χ0n) is 26.9. The van der Waals surface area contributed by atoms with Crippen molar-refractivity contribution in [1.29, 1.82) is 0 Å². The number of carboxylic acids is 2. The number of allylic oxidation sites excluding steroid dienone is 2. The standard InChI is InChI=1S/C32H49ClN4O3.C2H2O4/c1-2-3-4-5-6-7-8-9-19-40-28(22-35-32(39)30-25-14-13-24(20-25)29(30)31(34)38)23-36-15-17-37(18-16-36)27-12-10-11-26(33)21-27;3-1(4)2(5)6/h10-14,21,24-25,28-30H,2-9,15-20,22-23H2,1H3,(H2,34,38)(H,35,39);(H,3,4)(H,5,6)/t24-,25+,28?,29?,30?;/m1./s1. The van der Waals surface area contributed by atoms with Crippen LogP contribution in [0, 0.1) is 23.7 Å². The Balaban J connectivity index is 0.000000875. The smallest absolute Gasteiger partial charge is 0.414 e. The number of ether oxygens (including phenoxy) is 1. The summed E-state index contributed by atoms with van der Waals surface area (Å²) in [6.45, 7) is 7.89. The first-order valence-electron chi connectivity index (χ1n) is 16.7. The summed E-state index contributed by atoms with van der Waals surface area (Å²) in [7, 11) is 0. The molecule has 2 amide bonds. The Morgan fingerprint density at radius 2 is 1.54 bits per heavy atom. The number of rotatable bonds is 17. The molecule has 2 fully saturated rings. The molecule has 256 valence electrons. The number of halogens is 1. The molecule has 1 heterocycles. The minimum atomic E-state index is -1.82. The van der Waals surface area contributed by atoms with Crippen LogP contribution in [-0.4, -0.2) is 90.8 Å². The number of carbonyl (C=O) groups is 4. The number of primary amides is 1. The van der Waals surface area contributed by atoms with Gasteiger partial charge in [-0.1, -0.05) is 81.7 Å². The number of nitrogens with zero attached hydrogens (tertiary/aromatic N) is 2. The third-order valence-electron chi connectivity index (χ3n) is 9.14. The lowest BCUT2D eigenvalue weighted by Gasteiger charge is -2.37. The summed E-state index contributed by atoms with van der Waals surface area (Å²) in [6.07, 6.45) is 15.0. The van der Waals surface area contributed by atoms with Gasteiger partial charge >= 0.3 is 11.9 Å². The van der Waals surface area contributed by atoms with E-state index < -0.39 is 17.9 Å². The minimum Gasteiger partial charge on any atom is -0.473 e. The van der Waals surface area contributed by atoms with Crippen molar-refractivity contribution in [3.63, 3.8) is 0 Å². The predicted molar refractivity (Wildman–Crippen MR) is 178 cm³/mol. The summed E-state index contributed by atoms with van der Waals surface area (Å²) in [5.41, 5.74) is 6.86. The molecule has 1 aliphatic heterocycles. The first-order valence-corrected chi connectivity index (χ1v) is 17.0. The molecule has 11 nitrogen and oxygen atoms in total. The molecule has 5 N–H and O–H groups in total. The normalized spacial score (nSPS) is 22.6. The summed E-state index contributed by atoms with van der Waals surface area (Å²) in [4.78, 5) is 48.4. The van der Waals surface area contributed by atoms with E-state index >= 15 is 0 Å². The Kier molecular flexibility index (Phi) is 15.8. The molecule has 2 aliphatic carbocycles. The molecule has 3 aliphatic rings. The topological polar surface area (TPSA) is 162 Å². The average molecular weight is 663 g/mol. The third-order valence-corrected chi connectivity index (χ3v) is 9.37. The quantitative estimate of drug-likeness (QED) is 0.109. The molecule has 0 spiro atoms. The third kappa shape index (κ3) is 11.9. The zero-order chi connectivity index (χ0) is 33.5. The van der Waals surface area contributed by atoms with Crippen molar-refractivity contribution in [2.24, 2.45) is 29.4 Å². The fourth-order valence-electron chi connectivity index (χ4n) is 6.71. The number of amides is 2. The number of hydrogen-bond donors (Lipinski definition) is 4. The summed E-state index contributed by atoms with van der Waals surface area (Å²) in [6, 6.07) is 8.03. The molecule has 5 atom stereocenters. The average Bonchev–Trinajstić information content (AvgIpc) is 3.66.